The van der Waals surface area contributed by atoms with Crippen molar-refractivity contribution in [2.75, 3.05) is 19.4 Å². The summed E-state index contributed by atoms with van der Waals surface area (Å²) < 4.78 is 33.1. The molecule has 3 aromatic rings. The minimum absolute atomic E-state index is 0.145. The second kappa shape index (κ2) is 9.48. The number of fused-ring (bicyclic) bond motifs is 1. The lowest BCUT2D eigenvalue weighted by atomic mass is 9.71. The van der Waals surface area contributed by atoms with Crippen molar-refractivity contribution in [2.24, 2.45) is 11.3 Å². The van der Waals surface area contributed by atoms with Gasteiger partial charge in [0.25, 0.3) is 5.91 Å². The number of sulfonamides is 1. The van der Waals surface area contributed by atoms with Gasteiger partial charge in [0.1, 0.15) is 5.76 Å². The van der Waals surface area contributed by atoms with Gasteiger partial charge in [-0.25, -0.2) is 12.7 Å². The Kier molecular flexibility index (Phi) is 6.87. The summed E-state index contributed by atoms with van der Waals surface area (Å²) in [4.78, 5) is 13.5. The summed E-state index contributed by atoms with van der Waals surface area (Å²) >= 11 is 0. The molecule has 9 nitrogen and oxygen atoms in total. The van der Waals surface area contributed by atoms with E-state index in [-0.39, 0.29) is 16.2 Å². The Bertz CT molecular complexity index is 1380. The molecule has 0 saturated heterocycles. The van der Waals surface area contributed by atoms with Crippen LogP contribution in [0.25, 0.3) is 0 Å². The fourth-order valence-corrected chi connectivity index (χ4v) is 5.58. The van der Waals surface area contributed by atoms with Gasteiger partial charge in [-0.15, -0.1) is 0 Å². The van der Waals surface area contributed by atoms with Crippen molar-refractivity contribution in [3.63, 3.8) is 0 Å². The van der Waals surface area contributed by atoms with E-state index in [2.05, 4.69) is 36.3 Å². The van der Waals surface area contributed by atoms with Crippen LogP contribution in [0.5, 0.6) is 0 Å². The number of aromatic nitrogens is 3. The molecular formula is C26H35N5O4S. The van der Waals surface area contributed by atoms with E-state index < -0.39 is 10.0 Å². The zero-order chi connectivity index (χ0) is 26.4. The van der Waals surface area contributed by atoms with E-state index in [9.17, 15) is 13.2 Å². The maximum Gasteiger partial charge on any atom is 0.278 e. The first-order chi connectivity index (χ1) is 16.8. The predicted molar refractivity (Wildman–Crippen MR) is 138 cm³/mol. The van der Waals surface area contributed by atoms with E-state index in [1.165, 1.54) is 18.4 Å². The number of nitrogens with zero attached hydrogens (tertiary/aromatic N) is 4. The van der Waals surface area contributed by atoms with Crippen molar-refractivity contribution in [1.29, 1.82) is 0 Å². The van der Waals surface area contributed by atoms with Gasteiger partial charge in [-0.3, -0.25) is 9.48 Å². The molecule has 1 aromatic carbocycles. The standard InChI is InChI=1S/C26H35N5O4S/c1-16-23(27-25(32)24-21-14-19(26(3,4)5)10-13-22(21)35-29-24)17(2)31(28-16)15-18-8-11-20(12-9-18)36(33,34)30(6)7/h8-9,11-12,19H,10,13-15H2,1-7H3,(H,27,32). The first kappa shape index (κ1) is 26.1. The molecule has 0 spiro atoms. The maximum atomic E-state index is 13.2. The first-order valence-corrected chi connectivity index (χ1v) is 13.6. The fraction of sp³-hybridized carbons (Fsp3) is 0.500. The molecule has 0 saturated carbocycles. The van der Waals surface area contributed by atoms with Gasteiger partial charge in [-0.05, 0) is 55.7 Å². The summed E-state index contributed by atoms with van der Waals surface area (Å²) in [5, 5.41) is 11.7. The van der Waals surface area contributed by atoms with Crippen molar-refractivity contribution in [1.82, 2.24) is 19.2 Å². The minimum Gasteiger partial charge on any atom is -0.360 e. The van der Waals surface area contributed by atoms with Gasteiger partial charge in [-0.2, -0.15) is 5.10 Å². The van der Waals surface area contributed by atoms with Crippen molar-refractivity contribution < 1.29 is 17.7 Å². The lowest BCUT2D eigenvalue weighted by molar-refractivity contribution is 0.101. The summed E-state index contributed by atoms with van der Waals surface area (Å²) in [6.07, 6.45) is 2.60. The molecule has 2 aromatic heterocycles. The highest BCUT2D eigenvalue weighted by Crippen LogP contribution is 2.38. The predicted octanol–water partition coefficient (Wildman–Crippen LogP) is 4.19. The van der Waals surface area contributed by atoms with Crippen LogP contribution in [0.3, 0.4) is 0 Å². The lowest BCUT2D eigenvalue weighted by Crippen LogP contribution is -2.27. The number of carbonyl (C=O) groups excluding carboxylic acids is 1. The van der Waals surface area contributed by atoms with Crippen LogP contribution >= 0.6 is 0 Å². The number of benzene rings is 1. The smallest absolute Gasteiger partial charge is 0.278 e. The molecule has 0 bridgehead atoms. The molecule has 4 rings (SSSR count). The van der Waals surface area contributed by atoms with E-state index in [4.69, 9.17) is 4.52 Å². The summed E-state index contributed by atoms with van der Waals surface area (Å²) in [7, 11) is -0.468. The average molecular weight is 514 g/mol. The highest BCUT2D eigenvalue weighted by atomic mass is 32.2. The summed E-state index contributed by atoms with van der Waals surface area (Å²) in [6.45, 7) is 10.9. The van der Waals surface area contributed by atoms with Gasteiger partial charge in [0.15, 0.2) is 5.69 Å². The molecule has 0 aliphatic heterocycles. The number of amides is 1. The van der Waals surface area contributed by atoms with Gasteiger partial charge in [-0.1, -0.05) is 38.1 Å². The molecule has 0 radical (unpaired) electrons. The third kappa shape index (κ3) is 4.97. The summed E-state index contributed by atoms with van der Waals surface area (Å²) in [6, 6.07) is 6.74. The van der Waals surface area contributed by atoms with Gasteiger partial charge in [0, 0.05) is 26.1 Å². The Hall–Kier alpha value is -2.98. The number of carbonyl (C=O) groups is 1. The molecule has 1 aliphatic rings. The second-order valence-electron chi connectivity index (χ2n) is 10.8. The van der Waals surface area contributed by atoms with Gasteiger partial charge in [0.2, 0.25) is 10.0 Å². The molecule has 10 heteroatoms. The Labute approximate surface area is 212 Å². The normalized spacial score (nSPS) is 16.3. The van der Waals surface area contributed by atoms with Crippen LogP contribution in [0.2, 0.25) is 0 Å². The SMILES string of the molecule is Cc1nn(Cc2ccc(S(=O)(=O)N(C)C)cc2)c(C)c1NC(=O)c1noc2c1CC(C(C)(C)C)CC2. The molecule has 1 atom stereocenters. The zero-order valence-corrected chi connectivity index (χ0v) is 22.9. The summed E-state index contributed by atoms with van der Waals surface area (Å²) in [5.74, 6) is 0.976. The number of aryl methyl sites for hydroxylation is 2. The highest BCUT2D eigenvalue weighted by Gasteiger charge is 2.34. The maximum absolute atomic E-state index is 13.2. The highest BCUT2D eigenvalue weighted by molar-refractivity contribution is 7.89. The number of hydrogen-bond donors (Lipinski definition) is 1. The van der Waals surface area contributed by atoms with Crippen LogP contribution in [0, 0.1) is 25.2 Å². The monoisotopic (exact) mass is 513 g/mol. The quantitative estimate of drug-likeness (QED) is 0.529. The van der Waals surface area contributed by atoms with E-state index in [0.29, 0.717) is 29.5 Å². The fourth-order valence-electron chi connectivity index (χ4n) is 4.68. The molecule has 1 unspecified atom stereocenters. The first-order valence-electron chi connectivity index (χ1n) is 12.1. The molecule has 1 aliphatic carbocycles. The van der Waals surface area contributed by atoms with Crippen LogP contribution in [-0.2, 0) is 29.4 Å². The molecule has 0 fully saturated rings. The van der Waals surface area contributed by atoms with E-state index >= 15 is 0 Å². The number of anilines is 1. The van der Waals surface area contributed by atoms with Crippen molar-refractivity contribution in [3.05, 3.63) is 58.2 Å². The van der Waals surface area contributed by atoms with Gasteiger partial charge >= 0.3 is 0 Å². The van der Waals surface area contributed by atoms with E-state index in [0.717, 1.165) is 41.8 Å². The molecule has 2 heterocycles. The number of nitrogens with one attached hydrogen (secondary N) is 1. The Morgan fingerprint density at radius 2 is 1.86 bits per heavy atom. The van der Waals surface area contributed by atoms with Crippen LogP contribution in [-0.4, -0.2) is 47.7 Å². The van der Waals surface area contributed by atoms with E-state index in [1.54, 1.807) is 28.9 Å². The Balaban J connectivity index is 1.52. The Morgan fingerprint density at radius 1 is 1.19 bits per heavy atom. The van der Waals surface area contributed by atoms with E-state index in [1.807, 2.05) is 13.8 Å². The third-order valence-electron chi connectivity index (χ3n) is 7.13. The molecular weight excluding hydrogens is 478 g/mol. The summed E-state index contributed by atoms with van der Waals surface area (Å²) in [5.41, 5.74) is 4.44. The van der Waals surface area contributed by atoms with Crippen LogP contribution in [0.4, 0.5) is 5.69 Å². The van der Waals surface area contributed by atoms with Gasteiger partial charge in [0.05, 0.1) is 28.5 Å². The minimum atomic E-state index is -3.48. The number of hydrogen-bond acceptors (Lipinski definition) is 6. The van der Waals surface area contributed by atoms with Crippen molar-refractivity contribution >= 4 is 21.6 Å². The number of rotatable bonds is 6. The molecule has 36 heavy (non-hydrogen) atoms. The van der Waals surface area contributed by atoms with Crippen molar-refractivity contribution in [2.45, 2.75) is 65.3 Å². The average Bonchev–Trinajstić information content (AvgIpc) is 3.34. The Morgan fingerprint density at radius 3 is 2.47 bits per heavy atom. The third-order valence-corrected chi connectivity index (χ3v) is 8.96. The van der Waals surface area contributed by atoms with Gasteiger partial charge < -0.3 is 9.84 Å². The van der Waals surface area contributed by atoms with Crippen LogP contribution in [0.1, 0.15) is 66.0 Å². The van der Waals surface area contributed by atoms with Crippen molar-refractivity contribution in [3.8, 4) is 0 Å². The second-order valence-corrected chi connectivity index (χ2v) is 13.0. The largest absolute Gasteiger partial charge is 0.360 e. The topological polar surface area (TPSA) is 110 Å². The molecule has 1 amide bonds. The van der Waals surface area contributed by atoms with Crippen LogP contribution < -0.4 is 5.32 Å². The zero-order valence-electron chi connectivity index (χ0n) is 22.0. The van der Waals surface area contributed by atoms with Crippen LogP contribution in [0.15, 0.2) is 33.7 Å². The lowest BCUT2D eigenvalue weighted by Gasteiger charge is -2.33. The molecule has 194 valence electrons. The molecule has 1 N–H and O–H groups in total.